The summed E-state index contributed by atoms with van der Waals surface area (Å²) >= 11 is 0. The summed E-state index contributed by atoms with van der Waals surface area (Å²) in [5.41, 5.74) is 10.6. The number of carbonyl (C=O) groups excluding carboxylic acids is 1. The van der Waals surface area contributed by atoms with E-state index < -0.39 is 0 Å². The van der Waals surface area contributed by atoms with Crippen LogP contribution in [0.4, 0.5) is 17.5 Å². The fourth-order valence-electron chi connectivity index (χ4n) is 5.84. The number of para-hydroxylation sites is 1. The fourth-order valence-corrected chi connectivity index (χ4v) is 5.84. The zero-order valence-electron chi connectivity index (χ0n) is 23.3. The first-order chi connectivity index (χ1) is 20.5. The predicted molar refractivity (Wildman–Crippen MR) is 162 cm³/mol. The van der Waals surface area contributed by atoms with E-state index in [1.165, 1.54) is 6.33 Å². The van der Waals surface area contributed by atoms with Crippen molar-refractivity contribution in [1.29, 1.82) is 0 Å². The van der Waals surface area contributed by atoms with E-state index in [9.17, 15) is 4.79 Å². The number of amides is 1. The molecule has 0 aliphatic carbocycles. The lowest BCUT2D eigenvalue weighted by atomic mass is 10.1. The van der Waals surface area contributed by atoms with Gasteiger partial charge in [-0.05, 0) is 37.1 Å². The molecule has 1 amide bonds. The number of benzene rings is 2. The van der Waals surface area contributed by atoms with Crippen molar-refractivity contribution >= 4 is 45.3 Å². The molecule has 0 radical (unpaired) electrons. The summed E-state index contributed by atoms with van der Waals surface area (Å²) in [6.45, 7) is 1.68. The molecule has 5 heterocycles. The standard InChI is InChI=1S/C30H30N10O2/c1-38-22-6-4-3-5-18(22)15-23(38)29(41)36-21-8-7-19(16-24(21)42-2)26-25-27(31)34-17-35-28(25)40(37-26)20-9-13-39(14-10-20)30-32-11-12-33-30/h3-8,11-12,15-17,20H,9-10,13-14H2,1-2H3,(H,32,33)(H,36,41)(H2,31,34,35). The second-order valence-corrected chi connectivity index (χ2v) is 10.4. The second-order valence-electron chi connectivity index (χ2n) is 10.4. The highest BCUT2D eigenvalue weighted by atomic mass is 16.5. The lowest BCUT2D eigenvalue weighted by Crippen LogP contribution is -2.35. The van der Waals surface area contributed by atoms with Gasteiger partial charge in [0.25, 0.3) is 5.91 Å². The van der Waals surface area contributed by atoms with E-state index >= 15 is 0 Å². The summed E-state index contributed by atoms with van der Waals surface area (Å²) in [7, 11) is 3.46. The predicted octanol–water partition coefficient (Wildman–Crippen LogP) is 4.39. The van der Waals surface area contributed by atoms with Crippen LogP contribution in [0.25, 0.3) is 33.2 Å². The first kappa shape index (κ1) is 25.6. The number of nitrogens with two attached hydrogens (primary N) is 1. The summed E-state index contributed by atoms with van der Waals surface area (Å²) < 4.78 is 9.57. The lowest BCUT2D eigenvalue weighted by molar-refractivity contribution is 0.101. The molecule has 6 aromatic rings. The smallest absolute Gasteiger partial charge is 0.272 e. The van der Waals surface area contributed by atoms with Crippen molar-refractivity contribution in [3.05, 3.63) is 72.9 Å². The van der Waals surface area contributed by atoms with Crippen molar-refractivity contribution in [3.63, 3.8) is 0 Å². The Labute approximate surface area is 241 Å². The summed E-state index contributed by atoms with van der Waals surface area (Å²) in [6, 6.07) is 15.5. The quantitative estimate of drug-likeness (QED) is 0.271. The number of aromatic nitrogens is 7. The van der Waals surface area contributed by atoms with E-state index in [0.717, 1.165) is 48.3 Å². The minimum Gasteiger partial charge on any atom is -0.495 e. The maximum atomic E-state index is 13.3. The van der Waals surface area contributed by atoms with Gasteiger partial charge >= 0.3 is 0 Å². The number of aryl methyl sites for hydroxylation is 1. The number of hydrogen-bond donors (Lipinski definition) is 3. The van der Waals surface area contributed by atoms with Crippen LogP contribution in [0.1, 0.15) is 29.4 Å². The average Bonchev–Trinajstić information content (AvgIpc) is 3.76. The minimum absolute atomic E-state index is 0.142. The van der Waals surface area contributed by atoms with E-state index in [-0.39, 0.29) is 11.9 Å². The number of methoxy groups -OCH3 is 1. The Morgan fingerprint density at radius 3 is 2.69 bits per heavy atom. The Hall–Kier alpha value is -5.39. The Morgan fingerprint density at radius 1 is 1.10 bits per heavy atom. The van der Waals surface area contributed by atoms with Crippen molar-refractivity contribution in [3.8, 4) is 17.0 Å². The number of aromatic amines is 1. The number of fused-ring (bicyclic) bond motifs is 2. The van der Waals surface area contributed by atoms with Gasteiger partial charge in [0.05, 0.1) is 24.2 Å². The summed E-state index contributed by atoms with van der Waals surface area (Å²) in [4.78, 5) is 31.9. The number of nitrogen functional groups attached to an aromatic ring is 1. The zero-order valence-corrected chi connectivity index (χ0v) is 23.3. The number of rotatable bonds is 6. The number of H-pyrrole nitrogens is 1. The third kappa shape index (κ3) is 4.28. The molecule has 1 aliphatic rings. The summed E-state index contributed by atoms with van der Waals surface area (Å²) in [6.07, 6.45) is 6.84. The van der Waals surface area contributed by atoms with Crippen LogP contribution in [-0.2, 0) is 7.05 Å². The molecule has 4 aromatic heterocycles. The number of anilines is 3. The van der Waals surface area contributed by atoms with Crippen molar-refractivity contribution in [1.82, 2.24) is 34.3 Å². The maximum absolute atomic E-state index is 13.3. The van der Waals surface area contributed by atoms with Crippen LogP contribution in [-0.4, -0.2) is 60.4 Å². The van der Waals surface area contributed by atoms with Crippen LogP contribution >= 0.6 is 0 Å². The SMILES string of the molecule is COc1cc(-c2nn(C3CCN(c4ncc[nH]4)CC3)c3ncnc(N)c23)ccc1NC(=O)c1cc2ccccc2n1C. The van der Waals surface area contributed by atoms with Crippen molar-refractivity contribution in [2.75, 3.05) is 36.1 Å². The zero-order chi connectivity index (χ0) is 28.8. The first-order valence-electron chi connectivity index (χ1n) is 13.8. The molecule has 12 heteroatoms. The molecule has 0 saturated carbocycles. The molecule has 1 fully saturated rings. The molecule has 12 nitrogen and oxygen atoms in total. The highest BCUT2D eigenvalue weighted by Gasteiger charge is 2.27. The van der Waals surface area contributed by atoms with Crippen LogP contribution < -0.4 is 20.7 Å². The first-order valence-corrected chi connectivity index (χ1v) is 13.8. The number of carbonyl (C=O) groups is 1. The molecule has 0 atom stereocenters. The van der Waals surface area contributed by atoms with E-state index in [4.69, 9.17) is 15.6 Å². The van der Waals surface area contributed by atoms with E-state index in [2.05, 4.69) is 30.2 Å². The van der Waals surface area contributed by atoms with Crippen molar-refractivity contribution < 1.29 is 9.53 Å². The highest BCUT2D eigenvalue weighted by Crippen LogP contribution is 2.37. The van der Waals surface area contributed by atoms with E-state index in [1.807, 2.05) is 71.0 Å². The molecule has 0 spiro atoms. The van der Waals surface area contributed by atoms with Gasteiger partial charge in [-0.15, -0.1) is 0 Å². The molecular weight excluding hydrogens is 532 g/mol. The number of ether oxygens (including phenoxy) is 1. The van der Waals surface area contributed by atoms with Gasteiger partial charge in [-0.1, -0.05) is 24.3 Å². The number of hydrogen-bond acceptors (Lipinski definition) is 8. The molecule has 0 bridgehead atoms. The third-order valence-electron chi connectivity index (χ3n) is 8.02. The summed E-state index contributed by atoms with van der Waals surface area (Å²) in [5, 5.41) is 9.73. The van der Waals surface area contributed by atoms with Gasteiger partial charge in [-0.25, -0.2) is 19.6 Å². The molecule has 7 rings (SSSR count). The largest absolute Gasteiger partial charge is 0.495 e. The molecule has 1 aliphatic heterocycles. The van der Waals surface area contributed by atoms with Gasteiger partial charge in [0.15, 0.2) is 5.65 Å². The normalized spacial score (nSPS) is 14.1. The van der Waals surface area contributed by atoms with Gasteiger partial charge in [-0.2, -0.15) is 5.10 Å². The molecule has 212 valence electrons. The van der Waals surface area contributed by atoms with Crippen molar-refractivity contribution in [2.24, 2.45) is 7.05 Å². The summed E-state index contributed by atoms with van der Waals surface area (Å²) in [5.74, 6) is 1.52. The van der Waals surface area contributed by atoms with Gasteiger partial charge in [0.1, 0.15) is 29.3 Å². The molecule has 0 unspecified atom stereocenters. The van der Waals surface area contributed by atoms with Crippen LogP contribution in [0.2, 0.25) is 0 Å². The minimum atomic E-state index is -0.229. The Kier molecular flexibility index (Phi) is 6.22. The molecule has 1 saturated heterocycles. The van der Waals surface area contributed by atoms with Gasteiger partial charge in [0, 0.05) is 49.0 Å². The van der Waals surface area contributed by atoms with Crippen LogP contribution in [0.3, 0.4) is 0 Å². The van der Waals surface area contributed by atoms with Crippen LogP contribution in [0, 0.1) is 0 Å². The molecule has 42 heavy (non-hydrogen) atoms. The fraction of sp³-hybridized carbons (Fsp3) is 0.233. The number of piperidine rings is 1. The van der Waals surface area contributed by atoms with Gasteiger partial charge in [-0.3, -0.25) is 4.79 Å². The van der Waals surface area contributed by atoms with Crippen molar-refractivity contribution in [2.45, 2.75) is 18.9 Å². The van der Waals surface area contributed by atoms with Gasteiger partial charge < -0.3 is 30.2 Å². The second kappa shape index (κ2) is 10.2. The topological polar surface area (TPSA) is 145 Å². The average molecular weight is 563 g/mol. The molecule has 2 aromatic carbocycles. The van der Waals surface area contributed by atoms with Crippen LogP contribution in [0.5, 0.6) is 5.75 Å². The number of imidazole rings is 1. The Morgan fingerprint density at radius 2 is 1.93 bits per heavy atom. The Balaban J connectivity index is 1.20. The monoisotopic (exact) mass is 562 g/mol. The highest BCUT2D eigenvalue weighted by molar-refractivity contribution is 6.07. The molecule has 4 N–H and O–H groups in total. The maximum Gasteiger partial charge on any atom is 0.272 e. The van der Waals surface area contributed by atoms with Crippen LogP contribution in [0.15, 0.2) is 67.3 Å². The van der Waals surface area contributed by atoms with E-state index in [1.54, 1.807) is 13.3 Å². The lowest BCUT2D eigenvalue weighted by Gasteiger charge is -2.31. The van der Waals surface area contributed by atoms with Gasteiger partial charge in [0.2, 0.25) is 5.95 Å². The Bertz CT molecular complexity index is 1920. The number of nitrogens with zero attached hydrogens (tertiary/aromatic N) is 7. The third-order valence-corrected chi connectivity index (χ3v) is 8.02. The number of nitrogens with one attached hydrogen (secondary N) is 2. The van der Waals surface area contributed by atoms with E-state index in [0.29, 0.717) is 39.7 Å². The molecular formula is C30H30N10O2.